The topological polar surface area (TPSA) is 84.2 Å². The molecule has 1 amide bonds. The first-order chi connectivity index (χ1) is 7.69. The van der Waals surface area contributed by atoms with Crippen LogP contribution in [0.15, 0.2) is 12.3 Å². The van der Waals surface area contributed by atoms with Crippen LogP contribution in [0.4, 0.5) is 0 Å². The fourth-order valence-corrected chi connectivity index (χ4v) is 1.54. The summed E-state index contributed by atoms with van der Waals surface area (Å²) >= 11 is 0. The van der Waals surface area contributed by atoms with E-state index in [0.717, 1.165) is 12.1 Å². The van der Waals surface area contributed by atoms with E-state index in [1.807, 2.05) is 6.92 Å². The standard InChI is InChI=1S/C10H15N3O3/c1-2-5-13-9(3-4-12-13)8(11-7-14)6-10(15)16/h3-4,7-8H,2,5-6H2,1H3,(H,11,14)(H,15,16). The van der Waals surface area contributed by atoms with Crippen molar-refractivity contribution < 1.29 is 14.7 Å². The molecule has 6 heteroatoms. The van der Waals surface area contributed by atoms with Gasteiger partial charge in [-0.3, -0.25) is 14.3 Å². The number of hydrogen-bond acceptors (Lipinski definition) is 3. The minimum absolute atomic E-state index is 0.145. The highest BCUT2D eigenvalue weighted by molar-refractivity contribution is 5.68. The molecule has 0 saturated carbocycles. The molecule has 88 valence electrons. The first-order valence-corrected chi connectivity index (χ1v) is 5.12. The van der Waals surface area contributed by atoms with E-state index < -0.39 is 12.0 Å². The maximum absolute atomic E-state index is 10.7. The average molecular weight is 225 g/mol. The molecule has 1 atom stereocenters. The lowest BCUT2D eigenvalue weighted by Crippen LogP contribution is -2.25. The van der Waals surface area contributed by atoms with Crippen LogP contribution in [0.2, 0.25) is 0 Å². The number of nitrogens with one attached hydrogen (secondary N) is 1. The summed E-state index contributed by atoms with van der Waals surface area (Å²) in [7, 11) is 0. The summed E-state index contributed by atoms with van der Waals surface area (Å²) in [5.74, 6) is -0.955. The third-order valence-electron chi connectivity index (χ3n) is 2.19. The van der Waals surface area contributed by atoms with Crippen LogP contribution in [-0.2, 0) is 16.1 Å². The second kappa shape index (κ2) is 5.89. The summed E-state index contributed by atoms with van der Waals surface area (Å²) < 4.78 is 1.71. The molecule has 0 bridgehead atoms. The van der Waals surface area contributed by atoms with Gasteiger partial charge in [0, 0.05) is 12.7 Å². The number of rotatable bonds is 7. The van der Waals surface area contributed by atoms with Crippen molar-refractivity contribution in [2.45, 2.75) is 32.4 Å². The SMILES string of the molecule is CCCn1nccc1C(CC(=O)O)NC=O. The highest BCUT2D eigenvalue weighted by atomic mass is 16.4. The van der Waals surface area contributed by atoms with E-state index in [-0.39, 0.29) is 6.42 Å². The lowest BCUT2D eigenvalue weighted by Gasteiger charge is -2.15. The Morgan fingerprint density at radius 3 is 3.06 bits per heavy atom. The predicted molar refractivity (Wildman–Crippen MR) is 56.7 cm³/mol. The molecule has 0 radical (unpaired) electrons. The molecule has 1 unspecified atom stereocenters. The van der Waals surface area contributed by atoms with E-state index in [4.69, 9.17) is 5.11 Å². The second-order valence-electron chi connectivity index (χ2n) is 3.41. The van der Waals surface area contributed by atoms with Gasteiger partial charge in [-0.15, -0.1) is 0 Å². The van der Waals surface area contributed by atoms with Crippen molar-refractivity contribution in [3.63, 3.8) is 0 Å². The Balaban J connectivity index is 2.86. The molecule has 1 aromatic heterocycles. The highest BCUT2D eigenvalue weighted by Gasteiger charge is 2.18. The average Bonchev–Trinajstić information content (AvgIpc) is 2.65. The molecule has 1 aromatic rings. The molecule has 1 heterocycles. The zero-order valence-corrected chi connectivity index (χ0v) is 9.09. The first-order valence-electron chi connectivity index (χ1n) is 5.12. The molecule has 0 saturated heterocycles. The molecular weight excluding hydrogens is 210 g/mol. The van der Waals surface area contributed by atoms with E-state index in [1.165, 1.54) is 0 Å². The van der Waals surface area contributed by atoms with Crippen molar-refractivity contribution in [1.29, 1.82) is 0 Å². The van der Waals surface area contributed by atoms with Gasteiger partial charge in [0.2, 0.25) is 6.41 Å². The van der Waals surface area contributed by atoms with Crippen LogP contribution in [0.25, 0.3) is 0 Å². The normalized spacial score (nSPS) is 12.1. The Morgan fingerprint density at radius 1 is 1.75 bits per heavy atom. The third kappa shape index (κ3) is 3.08. The van der Waals surface area contributed by atoms with Crippen molar-refractivity contribution in [2.75, 3.05) is 0 Å². The van der Waals surface area contributed by atoms with E-state index in [0.29, 0.717) is 13.0 Å². The number of carbonyl (C=O) groups is 2. The van der Waals surface area contributed by atoms with Gasteiger partial charge in [-0.25, -0.2) is 0 Å². The van der Waals surface area contributed by atoms with Gasteiger partial charge in [-0.2, -0.15) is 5.10 Å². The molecule has 6 nitrogen and oxygen atoms in total. The summed E-state index contributed by atoms with van der Waals surface area (Å²) in [5.41, 5.74) is 0.719. The fraction of sp³-hybridized carbons (Fsp3) is 0.500. The Kier molecular flexibility index (Phi) is 4.50. The Labute approximate surface area is 93.3 Å². The van der Waals surface area contributed by atoms with Crippen molar-refractivity contribution in [2.24, 2.45) is 0 Å². The number of carbonyl (C=O) groups excluding carboxylic acids is 1. The van der Waals surface area contributed by atoms with E-state index >= 15 is 0 Å². The number of hydrogen-bond donors (Lipinski definition) is 2. The number of carboxylic acid groups (broad SMARTS) is 1. The Morgan fingerprint density at radius 2 is 2.50 bits per heavy atom. The van der Waals surface area contributed by atoms with Crippen molar-refractivity contribution in [3.8, 4) is 0 Å². The number of amides is 1. The maximum Gasteiger partial charge on any atom is 0.305 e. The molecule has 0 fully saturated rings. The Bertz CT molecular complexity index is 362. The number of nitrogens with zero attached hydrogens (tertiary/aromatic N) is 2. The maximum atomic E-state index is 10.7. The quantitative estimate of drug-likeness (QED) is 0.664. The zero-order chi connectivity index (χ0) is 12.0. The summed E-state index contributed by atoms with van der Waals surface area (Å²) in [6.45, 7) is 2.71. The predicted octanol–water partition coefficient (Wildman–Crippen LogP) is 0.555. The number of aromatic nitrogens is 2. The Hall–Kier alpha value is -1.85. The van der Waals surface area contributed by atoms with E-state index in [1.54, 1.807) is 16.9 Å². The van der Waals surface area contributed by atoms with Gasteiger partial charge >= 0.3 is 5.97 Å². The molecule has 1 rings (SSSR count). The smallest absolute Gasteiger partial charge is 0.305 e. The summed E-state index contributed by atoms with van der Waals surface area (Å²) in [5, 5.41) is 15.3. The highest BCUT2D eigenvalue weighted by Crippen LogP contribution is 2.16. The number of carboxylic acids is 1. The number of aryl methyl sites for hydroxylation is 1. The van der Waals surface area contributed by atoms with Gasteiger partial charge in [0.15, 0.2) is 0 Å². The molecule has 0 aliphatic heterocycles. The van der Waals surface area contributed by atoms with Crippen molar-refractivity contribution in [3.05, 3.63) is 18.0 Å². The van der Waals surface area contributed by atoms with Gasteiger partial charge in [0.1, 0.15) is 0 Å². The lowest BCUT2D eigenvalue weighted by molar-refractivity contribution is -0.137. The largest absolute Gasteiger partial charge is 0.481 e. The minimum atomic E-state index is -0.955. The van der Waals surface area contributed by atoms with Crippen LogP contribution < -0.4 is 5.32 Å². The number of aliphatic carboxylic acids is 1. The minimum Gasteiger partial charge on any atom is -0.481 e. The van der Waals surface area contributed by atoms with E-state index in [9.17, 15) is 9.59 Å². The lowest BCUT2D eigenvalue weighted by atomic mass is 10.1. The van der Waals surface area contributed by atoms with Crippen LogP contribution in [0, 0.1) is 0 Å². The van der Waals surface area contributed by atoms with Crippen molar-refractivity contribution in [1.82, 2.24) is 15.1 Å². The van der Waals surface area contributed by atoms with Gasteiger partial charge in [0.05, 0.1) is 18.2 Å². The van der Waals surface area contributed by atoms with Crippen LogP contribution >= 0.6 is 0 Å². The second-order valence-corrected chi connectivity index (χ2v) is 3.41. The molecule has 0 aromatic carbocycles. The van der Waals surface area contributed by atoms with Gasteiger partial charge in [-0.1, -0.05) is 6.92 Å². The molecule has 0 aliphatic rings. The summed E-state index contributed by atoms with van der Waals surface area (Å²) in [4.78, 5) is 21.1. The van der Waals surface area contributed by atoms with Gasteiger partial charge in [0.25, 0.3) is 0 Å². The van der Waals surface area contributed by atoms with Crippen LogP contribution in [0.1, 0.15) is 31.5 Å². The first kappa shape index (κ1) is 12.2. The third-order valence-corrected chi connectivity index (χ3v) is 2.19. The molecule has 2 N–H and O–H groups in total. The molecular formula is C10H15N3O3. The molecule has 0 spiro atoms. The van der Waals surface area contributed by atoms with Crippen molar-refractivity contribution >= 4 is 12.4 Å². The van der Waals surface area contributed by atoms with Crippen LogP contribution in [0.3, 0.4) is 0 Å². The summed E-state index contributed by atoms with van der Waals surface area (Å²) in [6, 6.07) is 1.20. The van der Waals surface area contributed by atoms with E-state index in [2.05, 4.69) is 10.4 Å². The van der Waals surface area contributed by atoms with Gasteiger partial charge < -0.3 is 10.4 Å². The van der Waals surface area contributed by atoms with Crippen LogP contribution in [0.5, 0.6) is 0 Å². The molecule has 16 heavy (non-hydrogen) atoms. The fourth-order valence-electron chi connectivity index (χ4n) is 1.54. The molecule has 0 aliphatic carbocycles. The summed E-state index contributed by atoms with van der Waals surface area (Å²) in [6.07, 6.45) is 2.87. The van der Waals surface area contributed by atoms with Crippen LogP contribution in [-0.4, -0.2) is 27.3 Å². The van der Waals surface area contributed by atoms with Gasteiger partial charge in [-0.05, 0) is 12.5 Å². The monoisotopic (exact) mass is 225 g/mol. The zero-order valence-electron chi connectivity index (χ0n) is 9.09.